The number of aliphatic hydroxyl groups is 1. The Morgan fingerprint density at radius 3 is 2.42 bits per heavy atom. The smallest absolute Gasteiger partial charge is 0.248 e. The van der Waals surface area contributed by atoms with E-state index in [9.17, 15) is 33.9 Å². The number of thiazole rings is 1. The molecule has 0 spiro atoms. The lowest BCUT2D eigenvalue weighted by molar-refractivity contribution is -0.144. The average Bonchev–Trinajstić information content (AvgIpc) is 4.15. The molecule has 4 aromatic rings. The quantitative estimate of drug-likeness (QED) is 0.0947. The number of fused-ring (bicyclic) bond motifs is 1. The standard InChI is InChI=1S/C51H68ClN11O8S/c1-29(32-13-15-34(16-14-32)45-30(2)55-28-72-45)56-48(68)41-23-38(65)25-61(41)50(70)46(51(4,5)6)62-24-35(58-59-62)11-7-9-33-10-8-12-42(44(33)52)71-27-36(17-20-43(54)66)57-47(67)40-19-18-37-21-22-60(31(3)64)26-39(53)49(69)63(37)40/h8,10,12-16,24,28-29,36-41,46,65H,7,9,11,17-23,25-27,53H2,1-6H3,(H2,54,66)(H,56,68)(H,57,67)/t29-,36-,37+,38+,39-,40-,41-,46+/m0/s1. The number of likely N-dealkylation sites (tertiary alicyclic amines) is 1. The van der Waals surface area contributed by atoms with E-state index in [-0.39, 0.29) is 80.6 Å². The fraction of sp³-hybridized carbons (Fsp3) is 0.549. The highest BCUT2D eigenvalue weighted by Crippen LogP contribution is 2.36. The number of hydrogen-bond acceptors (Lipinski definition) is 13. The van der Waals surface area contributed by atoms with Crippen molar-refractivity contribution in [3.05, 3.63) is 81.7 Å². The zero-order valence-electron chi connectivity index (χ0n) is 41.9. The molecule has 3 aliphatic heterocycles. The predicted molar refractivity (Wildman–Crippen MR) is 271 cm³/mol. The Bertz CT molecular complexity index is 2600. The topological polar surface area (TPSA) is 261 Å². The van der Waals surface area contributed by atoms with Gasteiger partial charge in [0.05, 0.1) is 45.0 Å². The van der Waals surface area contributed by atoms with Crippen LogP contribution in [0.25, 0.3) is 10.4 Å². The van der Waals surface area contributed by atoms with Crippen molar-refractivity contribution in [3.8, 4) is 16.2 Å². The van der Waals surface area contributed by atoms with E-state index >= 15 is 0 Å². The van der Waals surface area contributed by atoms with Gasteiger partial charge in [0, 0.05) is 51.6 Å². The molecule has 7 rings (SSSR count). The second-order valence-electron chi connectivity index (χ2n) is 20.4. The van der Waals surface area contributed by atoms with Gasteiger partial charge in [-0.05, 0) is 87.0 Å². The SMILES string of the molecule is CC(=O)N1CC[C@H]2CC[C@@H](C(=O)N[C@@H](CCC(N)=O)COc3cccc(CCCc4cn([C@H](C(=O)N5C[C@H](O)C[C@H]5C(=O)N[C@@H](C)c5ccc(-c6scnc6C)cc5)C(C)(C)C)nn4)c3Cl)N2C(=O)[C@@H](N)C1. The summed E-state index contributed by atoms with van der Waals surface area (Å²) in [5, 5.41) is 26.1. The molecule has 2 aromatic carbocycles. The molecule has 0 aliphatic carbocycles. The van der Waals surface area contributed by atoms with Crippen LogP contribution in [0.3, 0.4) is 0 Å². The van der Waals surface area contributed by atoms with E-state index in [1.165, 1.54) is 11.8 Å². The lowest BCUT2D eigenvalue weighted by Crippen LogP contribution is -2.59. The summed E-state index contributed by atoms with van der Waals surface area (Å²) in [6.07, 6.45) is 4.38. The summed E-state index contributed by atoms with van der Waals surface area (Å²) in [6.45, 7) is 11.6. The first-order valence-corrected chi connectivity index (χ1v) is 26.0. The van der Waals surface area contributed by atoms with Crippen LogP contribution in [-0.2, 0) is 41.6 Å². The second-order valence-corrected chi connectivity index (χ2v) is 21.7. The molecule has 21 heteroatoms. The fourth-order valence-corrected chi connectivity index (χ4v) is 11.1. The van der Waals surface area contributed by atoms with Crippen molar-refractivity contribution in [1.29, 1.82) is 0 Å². The number of carbonyl (C=O) groups excluding carboxylic acids is 6. The van der Waals surface area contributed by atoms with Crippen molar-refractivity contribution < 1.29 is 38.6 Å². The van der Waals surface area contributed by atoms with Gasteiger partial charge in [0.15, 0.2) is 0 Å². The third-order valence-corrected chi connectivity index (χ3v) is 15.3. The maximum absolute atomic E-state index is 14.5. The number of nitrogens with zero attached hydrogens (tertiary/aromatic N) is 7. The Morgan fingerprint density at radius 1 is 1.00 bits per heavy atom. The lowest BCUT2D eigenvalue weighted by atomic mass is 9.85. The molecule has 0 saturated carbocycles. The molecule has 0 bridgehead atoms. The van der Waals surface area contributed by atoms with Crippen molar-refractivity contribution in [2.24, 2.45) is 16.9 Å². The Balaban J connectivity index is 0.945. The number of aromatic nitrogens is 4. The Morgan fingerprint density at radius 2 is 1.74 bits per heavy atom. The lowest BCUT2D eigenvalue weighted by Gasteiger charge is -2.37. The highest BCUT2D eigenvalue weighted by molar-refractivity contribution is 7.13. The number of amides is 6. The number of benzene rings is 2. The number of aryl methyl sites for hydroxylation is 3. The number of aliphatic hydroxyl groups excluding tert-OH is 1. The Labute approximate surface area is 429 Å². The third kappa shape index (κ3) is 12.8. The number of hydrogen-bond donors (Lipinski definition) is 5. The van der Waals surface area contributed by atoms with E-state index < -0.39 is 47.6 Å². The summed E-state index contributed by atoms with van der Waals surface area (Å²) >= 11 is 8.48. The van der Waals surface area contributed by atoms with Gasteiger partial charge < -0.3 is 46.6 Å². The summed E-state index contributed by atoms with van der Waals surface area (Å²) in [5.74, 6) is -1.76. The third-order valence-electron chi connectivity index (χ3n) is 13.9. The van der Waals surface area contributed by atoms with E-state index in [0.29, 0.717) is 61.5 Å². The number of nitrogens with two attached hydrogens (primary N) is 2. The molecule has 6 amide bonds. The maximum atomic E-state index is 14.5. The normalized spacial score (nSPS) is 21.6. The number of rotatable bonds is 18. The van der Waals surface area contributed by atoms with Crippen molar-refractivity contribution in [3.63, 3.8) is 0 Å². The van der Waals surface area contributed by atoms with Crippen LogP contribution < -0.4 is 26.8 Å². The molecule has 0 radical (unpaired) electrons. The van der Waals surface area contributed by atoms with Crippen LogP contribution in [0, 0.1) is 12.3 Å². The van der Waals surface area contributed by atoms with Crippen LogP contribution >= 0.6 is 22.9 Å². The van der Waals surface area contributed by atoms with E-state index in [1.807, 2.05) is 76.5 Å². The van der Waals surface area contributed by atoms with Gasteiger partial charge in [0.1, 0.15) is 36.5 Å². The van der Waals surface area contributed by atoms with E-state index in [1.54, 1.807) is 38.1 Å². The van der Waals surface area contributed by atoms with Crippen molar-refractivity contribution >= 4 is 58.4 Å². The molecule has 5 heterocycles. The molecule has 72 heavy (non-hydrogen) atoms. The Kier molecular flexibility index (Phi) is 17.4. The van der Waals surface area contributed by atoms with Gasteiger partial charge in [-0.15, -0.1) is 16.4 Å². The van der Waals surface area contributed by atoms with Crippen molar-refractivity contribution in [2.45, 2.75) is 148 Å². The number of carbonyl (C=O) groups is 6. The molecule has 3 saturated heterocycles. The zero-order chi connectivity index (χ0) is 52.0. The number of ether oxygens (including phenoxy) is 1. The first-order chi connectivity index (χ1) is 34.2. The predicted octanol–water partition coefficient (Wildman–Crippen LogP) is 4.03. The summed E-state index contributed by atoms with van der Waals surface area (Å²) in [5.41, 5.74) is 17.3. The summed E-state index contributed by atoms with van der Waals surface area (Å²) in [4.78, 5) is 89.7. The van der Waals surface area contributed by atoms with Crippen LogP contribution in [0.4, 0.5) is 0 Å². The minimum absolute atomic E-state index is 0.00970. The number of nitrogens with one attached hydrogen (secondary N) is 2. The van der Waals surface area contributed by atoms with Gasteiger partial charge in [-0.2, -0.15) is 0 Å². The first kappa shape index (κ1) is 53.8. The van der Waals surface area contributed by atoms with Crippen molar-refractivity contribution in [1.82, 2.24) is 45.3 Å². The molecular formula is C51H68ClN11O8S. The number of primary amides is 1. The fourth-order valence-electron chi connectivity index (χ4n) is 10.1. The molecular weight excluding hydrogens is 962 g/mol. The number of halogens is 1. The molecule has 19 nitrogen and oxygen atoms in total. The Hall–Kier alpha value is -5.96. The van der Waals surface area contributed by atoms with Crippen molar-refractivity contribution in [2.75, 3.05) is 26.2 Å². The highest BCUT2D eigenvalue weighted by Gasteiger charge is 2.46. The molecule has 3 fully saturated rings. The van der Waals surface area contributed by atoms with E-state index in [4.69, 9.17) is 27.8 Å². The van der Waals surface area contributed by atoms with Gasteiger partial charge in [0.2, 0.25) is 35.4 Å². The minimum atomic E-state index is -0.961. The van der Waals surface area contributed by atoms with Gasteiger partial charge in [-0.25, -0.2) is 9.67 Å². The monoisotopic (exact) mass is 1030 g/mol. The largest absolute Gasteiger partial charge is 0.490 e. The van der Waals surface area contributed by atoms with Crippen LogP contribution in [0.15, 0.2) is 54.2 Å². The maximum Gasteiger partial charge on any atom is 0.248 e. The van der Waals surface area contributed by atoms with Crippen LogP contribution in [0.5, 0.6) is 5.75 Å². The minimum Gasteiger partial charge on any atom is -0.490 e. The first-order valence-electron chi connectivity index (χ1n) is 24.7. The summed E-state index contributed by atoms with van der Waals surface area (Å²) in [7, 11) is 0. The molecule has 3 aliphatic rings. The van der Waals surface area contributed by atoms with Gasteiger partial charge in [-0.1, -0.05) is 74.0 Å². The molecule has 2 aromatic heterocycles. The van der Waals surface area contributed by atoms with E-state index in [0.717, 1.165) is 27.3 Å². The highest BCUT2D eigenvalue weighted by atomic mass is 35.5. The van der Waals surface area contributed by atoms with Gasteiger partial charge in [0.25, 0.3) is 0 Å². The summed E-state index contributed by atoms with van der Waals surface area (Å²) in [6, 6.07) is 8.73. The molecule has 0 unspecified atom stereocenters. The average molecular weight is 1030 g/mol. The number of β-amino-alcohol motifs (C(OH)–C–C–N with tert-alkyl or cyclic N) is 1. The van der Waals surface area contributed by atoms with Gasteiger partial charge >= 0.3 is 0 Å². The molecule has 7 N–H and O–H groups in total. The van der Waals surface area contributed by atoms with Crippen LogP contribution in [0.1, 0.15) is 114 Å². The van der Waals surface area contributed by atoms with Crippen LogP contribution in [0.2, 0.25) is 5.02 Å². The van der Waals surface area contributed by atoms with E-state index in [2.05, 4.69) is 25.9 Å². The van der Waals surface area contributed by atoms with Gasteiger partial charge in [-0.3, -0.25) is 28.8 Å². The zero-order valence-corrected chi connectivity index (χ0v) is 43.5. The molecule has 388 valence electrons. The summed E-state index contributed by atoms with van der Waals surface area (Å²) < 4.78 is 7.74. The molecule has 8 atom stereocenters. The second kappa shape index (κ2) is 23.3. The van der Waals surface area contributed by atoms with Crippen LogP contribution in [-0.4, -0.2) is 138 Å².